The van der Waals surface area contributed by atoms with Crippen molar-refractivity contribution in [3.05, 3.63) is 73.9 Å². The minimum Gasteiger partial charge on any atom is -0.292 e. The van der Waals surface area contributed by atoms with Crippen molar-refractivity contribution in [2.75, 3.05) is 0 Å². The van der Waals surface area contributed by atoms with Crippen LogP contribution in [0.4, 0.5) is 0 Å². The second kappa shape index (κ2) is 6.23. The molecule has 0 aliphatic carbocycles. The summed E-state index contributed by atoms with van der Waals surface area (Å²) in [7, 11) is 0. The van der Waals surface area contributed by atoms with Gasteiger partial charge in [0.1, 0.15) is 5.69 Å². The number of nitrogens with zero attached hydrogens (tertiary/aromatic N) is 1. The van der Waals surface area contributed by atoms with Gasteiger partial charge in [0.2, 0.25) is 0 Å². The molecule has 0 fully saturated rings. The predicted octanol–water partition coefficient (Wildman–Crippen LogP) is 5.03. The molecule has 1 aromatic heterocycles. The van der Waals surface area contributed by atoms with Crippen LogP contribution in [0.5, 0.6) is 0 Å². The van der Waals surface area contributed by atoms with Crippen molar-refractivity contribution < 1.29 is 4.79 Å². The van der Waals surface area contributed by atoms with E-state index in [-0.39, 0.29) is 5.78 Å². The van der Waals surface area contributed by atoms with Crippen LogP contribution in [0, 0.1) is 3.57 Å². The zero-order chi connectivity index (χ0) is 14.8. The van der Waals surface area contributed by atoms with Gasteiger partial charge in [0.25, 0.3) is 0 Å². The fourth-order valence-corrected chi connectivity index (χ4v) is 3.07. The van der Waals surface area contributed by atoms with Crippen LogP contribution in [0.3, 0.4) is 0 Å². The molecule has 0 amide bonds. The first-order valence-electron chi connectivity index (χ1n) is 6.46. The van der Waals surface area contributed by atoms with E-state index in [0.717, 1.165) is 24.5 Å². The van der Waals surface area contributed by atoms with E-state index in [1.54, 1.807) is 0 Å². The number of aromatic nitrogens is 1. The van der Waals surface area contributed by atoms with Crippen molar-refractivity contribution in [1.82, 2.24) is 4.98 Å². The van der Waals surface area contributed by atoms with E-state index in [9.17, 15) is 4.79 Å². The summed E-state index contributed by atoms with van der Waals surface area (Å²) in [5, 5.41) is 1.02. The third-order valence-corrected chi connectivity index (χ3v) is 4.54. The van der Waals surface area contributed by atoms with Gasteiger partial charge >= 0.3 is 0 Å². The standard InChI is InChI=1S/C17H11BrINO/c18-14-10-12-3-1-2-4-15(12)20-17(14)16(21)9-11-5-7-13(19)8-6-11/h1-8,10H,9H2. The van der Waals surface area contributed by atoms with E-state index in [1.165, 1.54) is 0 Å². The molecule has 0 aliphatic heterocycles. The van der Waals surface area contributed by atoms with Crippen LogP contribution in [0.1, 0.15) is 16.1 Å². The smallest absolute Gasteiger partial charge is 0.186 e. The molecule has 0 radical (unpaired) electrons. The van der Waals surface area contributed by atoms with Gasteiger partial charge in [-0.3, -0.25) is 4.79 Å². The SMILES string of the molecule is O=C(Cc1ccc(I)cc1)c1nc2ccccc2cc1Br. The van der Waals surface area contributed by atoms with Crippen molar-refractivity contribution >= 4 is 55.2 Å². The minimum atomic E-state index is 0.0221. The molecule has 0 saturated carbocycles. The Labute approximate surface area is 144 Å². The lowest BCUT2D eigenvalue weighted by Gasteiger charge is -2.06. The molecule has 0 unspecified atom stereocenters. The van der Waals surface area contributed by atoms with Crippen LogP contribution < -0.4 is 0 Å². The van der Waals surface area contributed by atoms with Gasteiger partial charge in [-0.05, 0) is 68.3 Å². The van der Waals surface area contributed by atoms with Crippen molar-refractivity contribution in [3.8, 4) is 0 Å². The zero-order valence-electron chi connectivity index (χ0n) is 11.0. The first-order valence-corrected chi connectivity index (χ1v) is 8.33. The molecule has 0 bridgehead atoms. The van der Waals surface area contributed by atoms with Crippen LogP contribution in [-0.2, 0) is 6.42 Å². The van der Waals surface area contributed by atoms with Crippen molar-refractivity contribution in [1.29, 1.82) is 0 Å². The molecule has 104 valence electrons. The average molecular weight is 452 g/mol. The van der Waals surface area contributed by atoms with Gasteiger partial charge in [0, 0.05) is 19.8 Å². The van der Waals surface area contributed by atoms with Gasteiger partial charge in [-0.25, -0.2) is 4.98 Å². The van der Waals surface area contributed by atoms with E-state index in [4.69, 9.17) is 0 Å². The molecule has 21 heavy (non-hydrogen) atoms. The summed E-state index contributed by atoms with van der Waals surface area (Å²) in [5.74, 6) is 0.0221. The molecule has 0 N–H and O–H groups in total. The maximum absolute atomic E-state index is 12.5. The molecule has 0 aliphatic rings. The number of hydrogen-bond acceptors (Lipinski definition) is 2. The molecule has 3 aromatic rings. The van der Waals surface area contributed by atoms with Crippen LogP contribution in [-0.4, -0.2) is 10.8 Å². The van der Waals surface area contributed by atoms with Crippen molar-refractivity contribution in [2.45, 2.75) is 6.42 Å². The number of fused-ring (bicyclic) bond motifs is 1. The molecule has 0 saturated heterocycles. The maximum atomic E-state index is 12.5. The largest absolute Gasteiger partial charge is 0.292 e. The first kappa shape index (κ1) is 14.7. The Bertz CT molecular complexity index is 815. The summed E-state index contributed by atoms with van der Waals surface area (Å²) in [4.78, 5) is 17.0. The van der Waals surface area contributed by atoms with Crippen molar-refractivity contribution in [2.24, 2.45) is 0 Å². The third kappa shape index (κ3) is 3.32. The highest BCUT2D eigenvalue weighted by atomic mass is 127. The van der Waals surface area contributed by atoms with Crippen LogP contribution in [0.2, 0.25) is 0 Å². The molecular formula is C17H11BrINO. The van der Waals surface area contributed by atoms with Crippen LogP contribution in [0.25, 0.3) is 10.9 Å². The molecule has 0 spiro atoms. The lowest BCUT2D eigenvalue weighted by molar-refractivity contribution is 0.0988. The second-order valence-corrected chi connectivity index (χ2v) is 6.84. The van der Waals surface area contributed by atoms with E-state index >= 15 is 0 Å². The Balaban J connectivity index is 1.93. The number of Topliss-reactive ketones (excluding diaryl/α,β-unsaturated/α-hetero) is 1. The highest BCUT2D eigenvalue weighted by molar-refractivity contribution is 14.1. The fraction of sp³-hybridized carbons (Fsp3) is 0.0588. The summed E-state index contributed by atoms with van der Waals surface area (Å²) in [6.07, 6.45) is 0.362. The molecule has 1 heterocycles. The second-order valence-electron chi connectivity index (χ2n) is 4.74. The molecular weight excluding hydrogens is 441 g/mol. The third-order valence-electron chi connectivity index (χ3n) is 3.22. The Morgan fingerprint density at radius 3 is 2.57 bits per heavy atom. The molecule has 4 heteroatoms. The highest BCUT2D eigenvalue weighted by Crippen LogP contribution is 2.23. The number of benzene rings is 2. The summed E-state index contributed by atoms with van der Waals surface area (Å²) >= 11 is 5.71. The number of rotatable bonds is 3. The summed E-state index contributed by atoms with van der Waals surface area (Å²) < 4.78 is 1.91. The first-order chi connectivity index (χ1) is 10.1. The Kier molecular flexibility index (Phi) is 4.35. The number of carbonyl (C=O) groups excluding carboxylic acids is 1. The van der Waals surface area contributed by atoms with E-state index in [1.807, 2.05) is 54.6 Å². The van der Waals surface area contributed by atoms with Crippen LogP contribution in [0.15, 0.2) is 59.1 Å². The summed E-state index contributed by atoms with van der Waals surface area (Å²) in [6, 6.07) is 17.7. The van der Waals surface area contributed by atoms with Gasteiger partial charge in [-0.1, -0.05) is 30.3 Å². The zero-order valence-corrected chi connectivity index (χ0v) is 14.8. The summed E-state index contributed by atoms with van der Waals surface area (Å²) in [5.41, 5.74) is 2.33. The van der Waals surface area contributed by atoms with E-state index in [0.29, 0.717) is 12.1 Å². The predicted molar refractivity (Wildman–Crippen MR) is 96.6 cm³/mol. The highest BCUT2D eigenvalue weighted by Gasteiger charge is 2.14. The topological polar surface area (TPSA) is 30.0 Å². The normalized spacial score (nSPS) is 10.8. The van der Waals surface area contributed by atoms with Gasteiger partial charge in [0.15, 0.2) is 5.78 Å². The van der Waals surface area contributed by atoms with Gasteiger partial charge in [-0.2, -0.15) is 0 Å². The summed E-state index contributed by atoms with van der Waals surface area (Å²) in [6.45, 7) is 0. The molecule has 2 nitrogen and oxygen atoms in total. The molecule has 2 aromatic carbocycles. The average Bonchev–Trinajstić information content (AvgIpc) is 2.49. The molecule has 0 atom stereocenters. The number of para-hydroxylation sites is 1. The number of halogens is 2. The lowest BCUT2D eigenvalue weighted by Crippen LogP contribution is -2.07. The van der Waals surface area contributed by atoms with Crippen molar-refractivity contribution in [3.63, 3.8) is 0 Å². The van der Waals surface area contributed by atoms with E-state index in [2.05, 4.69) is 43.5 Å². The maximum Gasteiger partial charge on any atom is 0.186 e. The van der Waals surface area contributed by atoms with Gasteiger partial charge in [0.05, 0.1) is 5.52 Å². The monoisotopic (exact) mass is 451 g/mol. The minimum absolute atomic E-state index is 0.0221. The number of hydrogen-bond donors (Lipinski definition) is 0. The van der Waals surface area contributed by atoms with Gasteiger partial charge < -0.3 is 0 Å². The van der Waals surface area contributed by atoms with E-state index < -0.39 is 0 Å². The Morgan fingerprint density at radius 1 is 1.10 bits per heavy atom. The number of pyridine rings is 1. The lowest BCUT2D eigenvalue weighted by atomic mass is 10.1. The quantitative estimate of drug-likeness (QED) is 0.413. The Hall–Kier alpha value is -1.27. The van der Waals surface area contributed by atoms with Crippen LogP contribution >= 0.6 is 38.5 Å². The van der Waals surface area contributed by atoms with Gasteiger partial charge in [-0.15, -0.1) is 0 Å². The molecule has 3 rings (SSSR count). The Morgan fingerprint density at radius 2 is 1.81 bits per heavy atom. The number of carbonyl (C=O) groups is 1. The number of ketones is 1. The fourth-order valence-electron chi connectivity index (χ4n) is 2.16.